The van der Waals surface area contributed by atoms with Crippen molar-refractivity contribution in [3.8, 4) is 0 Å². The average molecular weight is 402 g/mol. The molecule has 0 saturated carbocycles. The number of para-hydroxylation sites is 1. The number of nitrogens with zero attached hydrogens (tertiary/aromatic N) is 2. The lowest BCUT2D eigenvalue weighted by Gasteiger charge is -2.28. The minimum atomic E-state index is -0.936. The number of carbonyl (C=O) groups excluding carboxylic acids is 2. The molecule has 0 bridgehead atoms. The number of halogens is 1. The van der Waals surface area contributed by atoms with Gasteiger partial charge in [0.25, 0.3) is 5.91 Å². The number of hydrogen-bond acceptors (Lipinski definition) is 4. The van der Waals surface area contributed by atoms with Crippen LogP contribution in [0.5, 0.6) is 0 Å². The molecule has 2 heterocycles. The number of rotatable bonds is 3. The van der Waals surface area contributed by atoms with Gasteiger partial charge in [-0.1, -0.05) is 48.0 Å². The van der Waals surface area contributed by atoms with E-state index in [9.17, 15) is 14.0 Å². The van der Waals surface area contributed by atoms with Crippen LogP contribution in [0.2, 0.25) is 0 Å². The minimum absolute atomic E-state index is 0.346. The van der Waals surface area contributed by atoms with E-state index in [-0.39, 0.29) is 5.91 Å². The molecule has 0 radical (unpaired) electrons. The summed E-state index contributed by atoms with van der Waals surface area (Å²) in [5, 5.41) is 1.66. The Kier molecular flexibility index (Phi) is 4.37. The Bertz CT molecular complexity index is 1100. The van der Waals surface area contributed by atoms with Gasteiger partial charge in [0, 0.05) is 0 Å². The molecule has 0 N–H and O–H groups in total. The Balaban J connectivity index is 1.58. The van der Waals surface area contributed by atoms with Gasteiger partial charge in [-0.05, 0) is 48.9 Å². The number of fused-ring (bicyclic) bond motifs is 1. The topological polar surface area (TPSA) is 49.9 Å². The minimum Gasteiger partial charge on any atom is -0.273 e. The van der Waals surface area contributed by atoms with E-state index in [1.165, 1.54) is 24.3 Å². The van der Waals surface area contributed by atoms with Gasteiger partial charge >= 0.3 is 0 Å². The van der Waals surface area contributed by atoms with Crippen molar-refractivity contribution in [1.82, 2.24) is 0 Å². The molecule has 5 nitrogen and oxygen atoms in total. The third kappa shape index (κ3) is 2.88. The second-order valence-electron chi connectivity index (χ2n) is 7.56. The molecule has 6 heteroatoms. The summed E-state index contributed by atoms with van der Waals surface area (Å²) >= 11 is 0. The van der Waals surface area contributed by atoms with Crippen molar-refractivity contribution < 1.29 is 18.8 Å². The van der Waals surface area contributed by atoms with Gasteiger partial charge in [-0.25, -0.2) is 14.4 Å². The number of benzene rings is 3. The zero-order valence-electron chi connectivity index (χ0n) is 16.2. The number of carbonyl (C=O) groups is 2. The van der Waals surface area contributed by atoms with Gasteiger partial charge in [0.2, 0.25) is 5.91 Å². The molecular weight excluding hydrogens is 383 g/mol. The number of hydrogen-bond donors (Lipinski definition) is 0. The van der Waals surface area contributed by atoms with Gasteiger partial charge in [0.1, 0.15) is 11.7 Å². The maximum atomic E-state index is 13.4. The first-order valence-electron chi connectivity index (χ1n) is 9.75. The Hall–Kier alpha value is -3.51. The third-order valence-electron chi connectivity index (χ3n) is 5.63. The van der Waals surface area contributed by atoms with Crippen LogP contribution >= 0.6 is 0 Å². The van der Waals surface area contributed by atoms with Crippen LogP contribution in [0.25, 0.3) is 0 Å². The van der Waals surface area contributed by atoms with Crippen molar-refractivity contribution in [2.45, 2.75) is 19.1 Å². The molecule has 3 aromatic carbocycles. The van der Waals surface area contributed by atoms with E-state index >= 15 is 0 Å². The Labute approximate surface area is 173 Å². The number of aryl methyl sites for hydroxylation is 1. The van der Waals surface area contributed by atoms with Crippen molar-refractivity contribution >= 4 is 23.2 Å². The fourth-order valence-electron chi connectivity index (χ4n) is 4.16. The van der Waals surface area contributed by atoms with Crippen LogP contribution in [0.4, 0.5) is 15.8 Å². The average Bonchev–Trinajstić information content (AvgIpc) is 3.27. The first-order chi connectivity index (χ1) is 14.5. The monoisotopic (exact) mass is 402 g/mol. The molecule has 3 atom stereocenters. The molecule has 2 aliphatic rings. The molecule has 0 aromatic heterocycles. The van der Waals surface area contributed by atoms with Crippen molar-refractivity contribution in [2.75, 3.05) is 9.96 Å². The first-order valence-corrected chi connectivity index (χ1v) is 9.75. The maximum Gasteiger partial charge on any atom is 0.266 e. The van der Waals surface area contributed by atoms with Gasteiger partial charge in [-0.15, -0.1) is 0 Å². The smallest absolute Gasteiger partial charge is 0.266 e. The lowest BCUT2D eigenvalue weighted by Crippen LogP contribution is -2.37. The molecule has 5 rings (SSSR count). The lowest BCUT2D eigenvalue weighted by atomic mass is 9.90. The summed E-state index contributed by atoms with van der Waals surface area (Å²) in [6.07, 6.45) is -0.936. The second kappa shape index (κ2) is 7.07. The van der Waals surface area contributed by atoms with Crippen LogP contribution in [0.15, 0.2) is 78.9 Å². The van der Waals surface area contributed by atoms with Crippen molar-refractivity contribution in [3.05, 3.63) is 95.8 Å². The molecule has 0 spiro atoms. The van der Waals surface area contributed by atoms with E-state index in [0.29, 0.717) is 5.69 Å². The molecule has 2 aliphatic heterocycles. The SMILES string of the molecule is Cc1ccc([C@H]2[C@H]3C(=O)N(c4ccc(F)cc4)C(=O)[C@H]3ON2c2ccccc2)cc1. The molecular formula is C24H19FN2O3. The molecule has 2 amide bonds. The Morgan fingerprint density at radius 1 is 0.800 bits per heavy atom. The van der Waals surface area contributed by atoms with Gasteiger partial charge in [0.05, 0.1) is 17.4 Å². The number of anilines is 2. The van der Waals surface area contributed by atoms with E-state index in [1.807, 2.05) is 61.5 Å². The number of imide groups is 1. The number of amides is 2. The van der Waals surface area contributed by atoms with Crippen LogP contribution in [0.1, 0.15) is 17.2 Å². The van der Waals surface area contributed by atoms with Gasteiger partial charge in [0.15, 0.2) is 6.10 Å². The number of hydroxylamine groups is 1. The second-order valence-corrected chi connectivity index (χ2v) is 7.56. The predicted molar refractivity (Wildman–Crippen MR) is 110 cm³/mol. The Morgan fingerprint density at radius 3 is 2.13 bits per heavy atom. The van der Waals surface area contributed by atoms with Crippen molar-refractivity contribution in [2.24, 2.45) is 5.92 Å². The molecule has 2 fully saturated rings. The first kappa shape index (κ1) is 18.5. The highest BCUT2D eigenvalue weighted by Gasteiger charge is 2.60. The molecule has 30 heavy (non-hydrogen) atoms. The molecule has 0 aliphatic carbocycles. The molecule has 0 unspecified atom stereocenters. The zero-order valence-corrected chi connectivity index (χ0v) is 16.2. The summed E-state index contributed by atoms with van der Waals surface area (Å²) in [5.74, 6) is -1.92. The summed E-state index contributed by atoms with van der Waals surface area (Å²) in [7, 11) is 0. The maximum absolute atomic E-state index is 13.4. The summed E-state index contributed by atoms with van der Waals surface area (Å²) in [4.78, 5) is 33.7. The fraction of sp³-hybridized carbons (Fsp3) is 0.167. The highest BCUT2D eigenvalue weighted by Crippen LogP contribution is 2.47. The van der Waals surface area contributed by atoms with Gasteiger partial charge in [-0.2, -0.15) is 0 Å². The van der Waals surface area contributed by atoms with Crippen LogP contribution in [0.3, 0.4) is 0 Å². The van der Waals surface area contributed by atoms with Crippen molar-refractivity contribution in [1.29, 1.82) is 0 Å². The highest BCUT2D eigenvalue weighted by atomic mass is 19.1. The van der Waals surface area contributed by atoms with Crippen LogP contribution in [-0.4, -0.2) is 17.9 Å². The highest BCUT2D eigenvalue weighted by molar-refractivity contribution is 6.23. The fourth-order valence-corrected chi connectivity index (χ4v) is 4.16. The summed E-state index contributed by atoms with van der Waals surface area (Å²) in [6, 6.07) is 22.2. The zero-order chi connectivity index (χ0) is 20.8. The van der Waals surface area contributed by atoms with E-state index in [2.05, 4.69) is 0 Å². The van der Waals surface area contributed by atoms with Gasteiger partial charge < -0.3 is 0 Å². The largest absolute Gasteiger partial charge is 0.273 e. The molecule has 150 valence electrons. The predicted octanol–water partition coefficient (Wildman–Crippen LogP) is 4.19. The quantitative estimate of drug-likeness (QED) is 0.617. The normalized spacial score (nSPS) is 23.2. The summed E-state index contributed by atoms with van der Waals surface area (Å²) in [6.45, 7) is 1.99. The van der Waals surface area contributed by atoms with Gasteiger partial charge in [-0.3, -0.25) is 14.4 Å². The van der Waals surface area contributed by atoms with Crippen LogP contribution < -0.4 is 9.96 Å². The Morgan fingerprint density at radius 2 is 1.47 bits per heavy atom. The third-order valence-corrected chi connectivity index (χ3v) is 5.63. The van der Waals surface area contributed by atoms with E-state index in [4.69, 9.17) is 4.84 Å². The molecule has 3 aromatic rings. The van der Waals surface area contributed by atoms with E-state index < -0.39 is 29.8 Å². The van der Waals surface area contributed by atoms with E-state index in [1.54, 1.807) is 5.06 Å². The van der Waals surface area contributed by atoms with Crippen LogP contribution in [-0.2, 0) is 14.4 Å². The van der Waals surface area contributed by atoms with Crippen molar-refractivity contribution in [3.63, 3.8) is 0 Å². The summed E-state index contributed by atoms with van der Waals surface area (Å²) in [5.41, 5.74) is 3.10. The summed E-state index contributed by atoms with van der Waals surface area (Å²) < 4.78 is 13.3. The van der Waals surface area contributed by atoms with Crippen LogP contribution in [0, 0.1) is 18.7 Å². The lowest BCUT2D eigenvalue weighted by molar-refractivity contribution is -0.126. The van der Waals surface area contributed by atoms with E-state index in [0.717, 1.165) is 21.7 Å². The molecule has 2 saturated heterocycles. The standard InChI is InChI=1S/C24H19FN2O3/c1-15-7-9-16(10-8-15)21-20-22(30-27(21)19-5-3-2-4-6-19)24(29)26(23(20)28)18-13-11-17(25)12-14-18/h2-14,20-22H,1H3/t20-,21+,22+/m1/s1.